The Balaban J connectivity index is 1.37. The third-order valence-electron chi connectivity index (χ3n) is 7.61. The van der Waals surface area contributed by atoms with Crippen LogP contribution in [0.1, 0.15) is 35.6 Å². The Kier molecular flexibility index (Phi) is 4.35. The highest BCUT2D eigenvalue weighted by atomic mass is 16.6. The van der Waals surface area contributed by atoms with Crippen LogP contribution in [-0.4, -0.2) is 27.4 Å². The van der Waals surface area contributed by atoms with Gasteiger partial charge in [0.15, 0.2) is 12.3 Å². The van der Waals surface area contributed by atoms with Gasteiger partial charge in [-0.1, -0.05) is 25.1 Å². The lowest BCUT2D eigenvalue weighted by Crippen LogP contribution is -2.44. The number of pyridine rings is 2. The molecule has 2 aromatic heterocycles. The molecule has 0 spiro atoms. The summed E-state index contributed by atoms with van der Waals surface area (Å²) >= 11 is 0. The number of cyclic esters (lactones) is 1. The first-order valence-corrected chi connectivity index (χ1v) is 12.0. The molecule has 0 radical (unpaired) electrons. The van der Waals surface area contributed by atoms with Crippen LogP contribution < -0.4 is 15.2 Å². The molecule has 0 aliphatic carbocycles. The number of esters is 1. The molecule has 0 bridgehead atoms. The monoisotopic (exact) mass is 481 g/mol. The summed E-state index contributed by atoms with van der Waals surface area (Å²) in [4.78, 5) is 32.9. The van der Waals surface area contributed by atoms with Crippen LogP contribution in [0.2, 0.25) is 0 Å². The predicted octanol–water partition coefficient (Wildman–Crippen LogP) is 3.44. The molecule has 0 amide bonds. The molecule has 5 heterocycles. The van der Waals surface area contributed by atoms with Gasteiger partial charge in [0.2, 0.25) is 0 Å². The average molecular weight is 482 g/mol. The standard InChI is InChI=1S/C28H23N3O5/c1-2-28(34)21-11-23-25-16(12-31(23)26(32)20(21)14-35-27(28)33)10-18-19-13-30(17-6-4-3-5-7-17)15-36-24(19)9-8-22(18)29-25/h3-11,34H,2,12-15H2,1H3/t28-/m0/s1. The van der Waals surface area contributed by atoms with Crippen molar-refractivity contribution in [1.82, 2.24) is 9.55 Å². The molecule has 0 saturated carbocycles. The van der Waals surface area contributed by atoms with Crippen molar-refractivity contribution in [3.05, 3.63) is 87.2 Å². The van der Waals surface area contributed by atoms with E-state index in [1.165, 1.54) is 0 Å². The van der Waals surface area contributed by atoms with Crippen LogP contribution >= 0.6 is 0 Å². The van der Waals surface area contributed by atoms with E-state index in [2.05, 4.69) is 23.1 Å². The third-order valence-corrected chi connectivity index (χ3v) is 7.61. The van der Waals surface area contributed by atoms with Crippen LogP contribution in [0.4, 0.5) is 5.69 Å². The normalized spacial score (nSPS) is 19.7. The number of carbonyl (C=O) groups is 1. The van der Waals surface area contributed by atoms with Gasteiger partial charge in [-0.25, -0.2) is 9.78 Å². The minimum absolute atomic E-state index is 0.115. The van der Waals surface area contributed by atoms with Gasteiger partial charge in [-0.05, 0) is 42.8 Å². The Morgan fingerprint density at radius 2 is 1.86 bits per heavy atom. The SMILES string of the molecule is CC[C@@]1(O)C(=O)OCc2c1cc1n(c2=O)Cc2cc3c4c(ccc3nc2-1)OCN(c1ccccc1)C4. The van der Waals surface area contributed by atoms with Crippen LogP contribution in [0.25, 0.3) is 22.3 Å². The van der Waals surface area contributed by atoms with E-state index < -0.39 is 11.6 Å². The summed E-state index contributed by atoms with van der Waals surface area (Å²) in [6.07, 6.45) is 0.115. The van der Waals surface area contributed by atoms with Gasteiger partial charge in [-0.15, -0.1) is 0 Å². The van der Waals surface area contributed by atoms with Crippen molar-refractivity contribution >= 4 is 22.6 Å². The molecule has 8 heteroatoms. The molecular weight excluding hydrogens is 458 g/mol. The largest absolute Gasteiger partial charge is 0.473 e. The number of nitrogens with zero attached hydrogens (tertiary/aromatic N) is 3. The number of ether oxygens (including phenoxy) is 2. The fourth-order valence-corrected chi connectivity index (χ4v) is 5.58. The number of anilines is 1. The molecule has 36 heavy (non-hydrogen) atoms. The maximum Gasteiger partial charge on any atom is 0.343 e. The molecule has 0 saturated heterocycles. The first-order chi connectivity index (χ1) is 17.5. The summed E-state index contributed by atoms with van der Waals surface area (Å²) in [6.45, 7) is 3.08. The van der Waals surface area contributed by atoms with Gasteiger partial charge < -0.3 is 24.0 Å². The van der Waals surface area contributed by atoms with Gasteiger partial charge in [-0.3, -0.25) is 4.79 Å². The van der Waals surface area contributed by atoms with Crippen LogP contribution in [0.3, 0.4) is 0 Å². The Labute approximate surface area is 206 Å². The Bertz CT molecular complexity index is 1650. The van der Waals surface area contributed by atoms with Crippen molar-refractivity contribution < 1.29 is 19.4 Å². The summed E-state index contributed by atoms with van der Waals surface area (Å²) in [7, 11) is 0. The van der Waals surface area contributed by atoms with Crippen molar-refractivity contribution in [1.29, 1.82) is 0 Å². The van der Waals surface area contributed by atoms with E-state index in [9.17, 15) is 14.7 Å². The zero-order chi connectivity index (χ0) is 24.6. The summed E-state index contributed by atoms with van der Waals surface area (Å²) in [5, 5.41) is 12.1. The summed E-state index contributed by atoms with van der Waals surface area (Å²) < 4.78 is 12.9. The van der Waals surface area contributed by atoms with Crippen molar-refractivity contribution in [2.24, 2.45) is 0 Å². The van der Waals surface area contributed by atoms with Crippen molar-refractivity contribution in [3.63, 3.8) is 0 Å². The lowest BCUT2D eigenvalue weighted by atomic mass is 9.86. The fourth-order valence-electron chi connectivity index (χ4n) is 5.58. The number of benzene rings is 2. The summed E-state index contributed by atoms with van der Waals surface area (Å²) in [6, 6.07) is 17.8. The molecule has 2 aromatic carbocycles. The number of aromatic nitrogens is 2. The molecule has 0 fully saturated rings. The molecular formula is C28H23N3O5. The maximum absolute atomic E-state index is 13.4. The van der Waals surface area contributed by atoms with Crippen LogP contribution in [0, 0.1) is 0 Å². The molecule has 7 rings (SSSR count). The molecule has 180 valence electrons. The molecule has 8 nitrogen and oxygen atoms in total. The minimum Gasteiger partial charge on any atom is -0.473 e. The summed E-state index contributed by atoms with van der Waals surface area (Å²) in [5.41, 5.74) is 3.71. The highest BCUT2D eigenvalue weighted by Crippen LogP contribution is 2.40. The van der Waals surface area contributed by atoms with Crippen molar-refractivity contribution in [2.45, 2.75) is 38.6 Å². The zero-order valence-electron chi connectivity index (χ0n) is 19.7. The molecule has 1 N–H and O–H groups in total. The molecule has 3 aliphatic heterocycles. The highest BCUT2D eigenvalue weighted by molar-refractivity contribution is 5.89. The van der Waals surface area contributed by atoms with Crippen LogP contribution in [0.15, 0.2) is 59.4 Å². The average Bonchev–Trinajstić information content (AvgIpc) is 3.28. The van der Waals surface area contributed by atoms with E-state index >= 15 is 0 Å². The van der Waals surface area contributed by atoms with E-state index in [-0.39, 0.29) is 18.6 Å². The second-order valence-electron chi connectivity index (χ2n) is 9.52. The topological polar surface area (TPSA) is 93.9 Å². The van der Waals surface area contributed by atoms with Gasteiger partial charge in [0.25, 0.3) is 5.56 Å². The van der Waals surface area contributed by atoms with E-state index in [1.54, 1.807) is 17.6 Å². The molecule has 1 atom stereocenters. The maximum atomic E-state index is 13.4. The van der Waals surface area contributed by atoms with Gasteiger partial charge in [-0.2, -0.15) is 0 Å². The number of rotatable bonds is 2. The van der Waals surface area contributed by atoms with Crippen molar-refractivity contribution in [2.75, 3.05) is 11.6 Å². The zero-order valence-corrected chi connectivity index (χ0v) is 19.7. The minimum atomic E-state index is -1.83. The lowest BCUT2D eigenvalue weighted by molar-refractivity contribution is -0.172. The second kappa shape index (κ2) is 7.41. The number of para-hydroxylation sites is 1. The quantitative estimate of drug-likeness (QED) is 0.386. The smallest absolute Gasteiger partial charge is 0.343 e. The summed E-state index contributed by atoms with van der Waals surface area (Å²) in [5.74, 6) is 0.115. The second-order valence-corrected chi connectivity index (χ2v) is 9.52. The number of carbonyl (C=O) groups excluding carboxylic acids is 1. The first-order valence-electron chi connectivity index (χ1n) is 12.0. The predicted molar refractivity (Wildman–Crippen MR) is 133 cm³/mol. The number of fused-ring (bicyclic) bond motifs is 7. The highest BCUT2D eigenvalue weighted by Gasteiger charge is 2.45. The van der Waals surface area contributed by atoms with Gasteiger partial charge in [0, 0.05) is 27.8 Å². The lowest BCUT2D eigenvalue weighted by Gasteiger charge is -2.31. The van der Waals surface area contributed by atoms with Gasteiger partial charge in [0.05, 0.1) is 35.6 Å². The van der Waals surface area contributed by atoms with Crippen LogP contribution in [0.5, 0.6) is 5.75 Å². The molecule has 3 aliphatic rings. The van der Waals surface area contributed by atoms with E-state index in [4.69, 9.17) is 14.5 Å². The number of aliphatic hydroxyl groups is 1. The fraction of sp³-hybridized carbons (Fsp3) is 0.250. The van der Waals surface area contributed by atoms with E-state index in [1.807, 2.05) is 30.3 Å². The van der Waals surface area contributed by atoms with Crippen molar-refractivity contribution in [3.8, 4) is 17.1 Å². The van der Waals surface area contributed by atoms with Gasteiger partial charge >= 0.3 is 5.97 Å². The van der Waals surface area contributed by atoms with E-state index in [0.29, 0.717) is 42.3 Å². The van der Waals surface area contributed by atoms with Gasteiger partial charge in [0.1, 0.15) is 12.4 Å². The first kappa shape index (κ1) is 21.1. The Hall–Kier alpha value is -4.17. The third kappa shape index (κ3) is 2.82. The van der Waals surface area contributed by atoms with Crippen LogP contribution in [-0.2, 0) is 34.8 Å². The molecule has 4 aromatic rings. The molecule has 0 unspecified atom stereocenters. The number of hydrogen-bond acceptors (Lipinski definition) is 7. The van der Waals surface area contributed by atoms with E-state index in [0.717, 1.165) is 33.5 Å². The Morgan fingerprint density at radius 1 is 1.03 bits per heavy atom. The Morgan fingerprint density at radius 3 is 2.67 bits per heavy atom. The number of hydrogen-bond donors (Lipinski definition) is 1.